The van der Waals surface area contributed by atoms with E-state index in [2.05, 4.69) is 170 Å². The first-order valence-corrected chi connectivity index (χ1v) is 19.0. The molecular weight excluding hydrogens is 693 g/mol. The van der Waals surface area contributed by atoms with E-state index in [4.69, 9.17) is 0 Å². The summed E-state index contributed by atoms with van der Waals surface area (Å²) in [7, 11) is 0. The van der Waals surface area contributed by atoms with Crippen LogP contribution >= 0.6 is 0 Å². The van der Waals surface area contributed by atoms with Crippen LogP contribution in [0.3, 0.4) is 0 Å². The molecule has 0 amide bonds. The number of nitrogens with zero attached hydrogens (tertiary/aromatic N) is 4. The van der Waals surface area contributed by atoms with Crippen molar-refractivity contribution in [1.82, 2.24) is 0 Å². The van der Waals surface area contributed by atoms with Crippen LogP contribution in [0.5, 0.6) is 0 Å². The SMILES string of the molecule is Cc1cc(N(c2ccc(-c3ccc(C#N)cc3)c(C)c2)c2ccc(-c3ccc(N(c4ccccc4)c4ccccc4)cc3)c(C)c2)ccc1-c1ccc(C#N)cc1. The van der Waals surface area contributed by atoms with Crippen molar-refractivity contribution < 1.29 is 0 Å². The molecule has 0 N–H and O–H groups in total. The van der Waals surface area contributed by atoms with Crippen molar-refractivity contribution in [3.63, 3.8) is 0 Å². The van der Waals surface area contributed by atoms with Gasteiger partial charge in [0.1, 0.15) is 0 Å². The Morgan fingerprint density at radius 2 is 0.596 bits per heavy atom. The fourth-order valence-electron chi connectivity index (χ4n) is 7.62. The minimum Gasteiger partial charge on any atom is -0.311 e. The molecule has 0 aliphatic rings. The van der Waals surface area contributed by atoms with Gasteiger partial charge in [-0.05, 0) is 168 Å². The number of hydrogen-bond donors (Lipinski definition) is 0. The monoisotopic (exact) mass is 732 g/mol. The second kappa shape index (κ2) is 16.0. The van der Waals surface area contributed by atoms with E-state index in [1.807, 2.05) is 60.7 Å². The summed E-state index contributed by atoms with van der Waals surface area (Å²) in [5.74, 6) is 0. The molecule has 0 radical (unpaired) electrons. The van der Waals surface area contributed by atoms with Gasteiger partial charge in [-0.2, -0.15) is 10.5 Å². The fraction of sp³-hybridized carbons (Fsp3) is 0.0566. The first kappa shape index (κ1) is 36.3. The summed E-state index contributed by atoms with van der Waals surface area (Å²) in [4.78, 5) is 4.60. The van der Waals surface area contributed by atoms with Gasteiger partial charge in [0.2, 0.25) is 0 Å². The molecule has 0 fully saturated rings. The van der Waals surface area contributed by atoms with Crippen molar-refractivity contribution in [2.75, 3.05) is 9.80 Å². The Morgan fingerprint density at radius 1 is 0.316 bits per heavy atom. The summed E-state index contributed by atoms with van der Waals surface area (Å²) >= 11 is 0. The molecular formula is C53H40N4. The van der Waals surface area contributed by atoms with Crippen LogP contribution in [0, 0.1) is 43.4 Å². The topological polar surface area (TPSA) is 54.1 Å². The molecule has 0 atom stereocenters. The smallest absolute Gasteiger partial charge is 0.0991 e. The highest BCUT2D eigenvalue weighted by Gasteiger charge is 2.18. The van der Waals surface area contributed by atoms with E-state index in [0.717, 1.165) is 73.1 Å². The number of anilines is 6. The van der Waals surface area contributed by atoms with E-state index in [1.54, 1.807) is 0 Å². The van der Waals surface area contributed by atoms with Gasteiger partial charge >= 0.3 is 0 Å². The molecule has 0 aliphatic heterocycles. The summed E-state index contributed by atoms with van der Waals surface area (Å²) < 4.78 is 0. The van der Waals surface area contributed by atoms with E-state index >= 15 is 0 Å². The summed E-state index contributed by atoms with van der Waals surface area (Å²) in [6.07, 6.45) is 0. The lowest BCUT2D eigenvalue weighted by atomic mass is 9.96. The van der Waals surface area contributed by atoms with Gasteiger partial charge in [-0.25, -0.2) is 0 Å². The third-order valence-corrected chi connectivity index (χ3v) is 10.5. The normalized spacial score (nSPS) is 10.7. The van der Waals surface area contributed by atoms with Gasteiger partial charge in [0.25, 0.3) is 0 Å². The molecule has 0 saturated heterocycles. The van der Waals surface area contributed by atoms with Gasteiger partial charge in [0, 0.05) is 34.1 Å². The zero-order valence-corrected chi connectivity index (χ0v) is 32.2. The van der Waals surface area contributed by atoms with Gasteiger partial charge in [0.15, 0.2) is 0 Å². The number of nitriles is 2. The van der Waals surface area contributed by atoms with Crippen molar-refractivity contribution in [1.29, 1.82) is 10.5 Å². The first-order valence-electron chi connectivity index (χ1n) is 19.0. The summed E-state index contributed by atoms with van der Waals surface area (Å²) in [5.41, 5.74) is 18.0. The molecule has 4 nitrogen and oxygen atoms in total. The quantitative estimate of drug-likeness (QED) is 0.148. The maximum atomic E-state index is 9.33. The Hall–Kier alpha value is -7.66. The molecule has 0 spiro atoms. The summed E-state index contributed by atoms with van der Waals surface area (Å²) in [6, 6.07) is 69.6. The minimum absolute atomic E-state index is 0.648. The van der Waals surface area contributed by atoms with Crippen LogP contribution in [0.25, 0.3) is 33.4 Å². The van der Waals surface area contributed by atoms with Crippen LogP contribution in [0.15, 0.2) is 188 Å². The third-order valence-electron chi connectivity index (χ3n) is 10.5. The van der Waals surface area contributed by atoms with Gasteiger partial charge < -0.3 is 9.80 Å². The minimum atomic E-state index is 0.648. The summed E-state index contributed by atoms with van der Waals surface area (Å²) in [6.45, 7) is 6.47. The number of benzene rings is 8. The molecule has 0 saturated carbocycles. The highest BCUT2D eigenvalue weighted by Crippen LogP contribution is 2.41. The van der Waals surface area contributed by atoms with Gasteiger partial charge in [-0.3, -0.25) is 0 Å². The Kier molecular flexibility index (Phi) is 10.2. The number of hydrogen-bond acceptors (Lipinski definition) is 4. The van der Waals surface area contributed by atoms with E-state index in [0.29, 0.717) is 11.1 Å². The van der Waals surface area contributed by atoms with Gasteiger partial charge in [-0.15, -0.1) is 0 Å². The molecule has 0 aliphatic carbocycles. The Morgan fingerprint density at radius 3 is 0.912 bits per heavy atom. The van der Waals surface area contributed by atoms with E-state index in [1.165, 1.54) is 11.1 Å². The summed E-state index contributed by atoms with van der Waals surface area (Å²) in [5, 5.41) is 18.7. The molecule has 4 heteroatoms. The molecule has 0 aromatic heterocycles. The molecule has 272 valence electrons. The molecule has 0 bridgehead atoms. The highest BCUT2D eigenvalue weighted by molar-refractivity contribution is 5.84. The van der Waals surface area contributed by atoms with Crippen LogP contribution in [0.2, 0.25) is 0 Å². The number of aryl methyl sites for hydroxylation is 3. The van der Waals surface area contributed by atoms with Crippen molar-refractivity contribution in [3.8, 4) is 45.5 Å². The average Bonchev–Trinajstić information content (AvgIpc) is 3.25. The third kappa shape index (κ3) is 7.54. The lowest BCUT2D eigenvalue weighted by Crippen LogP contribution is -2.11. The Labute approximate surface area is 335 Å². The van der Waals surface area contributed by atoms with Gasteiger partial charge in [-0.1, -0.05) is 91.0 Å². The van der Waals surface area contributed by atoms with E-state index < -0.39 is 0 Å². The lowest BCUT2D eigenvalue weighted by Gasteiger charge is -2.28. The van der Waals surface area contributed by atoms with Crippen molar-refractivity contribution in [3.05, 3.63) is 216 Å². The molecule has 0 heterocycles. The van der Waals surface area contributed by atoms with Crippen molar-refractivity contribution in [2.45, 2.75) is 20.8 Å². The molecule has 0 unspecified atom stereocenters. The standard InChI is InChI=1S/C53H40N4/c1-37-32-48(26-29-51(37)42-18-14-40(35-54)15-19-42)57(49-27-30-52(38(2)33-49)43-20-16-41(36-55)17-21-43)50-28-31-53(39(3)34-50)44-22-24-47(25-23-44)56(45-10-6-4-7-11-45)46-12-8-5-9-13-46/h4-34H,1-3H3. The molecule has 57 heavy (non-hydrogen) atoms. The van der Waals surface area contributed by atoms with Crippen LogP contribution in [-0.4, -0.2) is 0 Å². The molecule has 8 aromatic carbocycles. The zero-order valence-electron chi connectivity index (χ0n) is 32.2. The highest BCUT2D eigenvalue weighted by atomic mass is 15.1. The largest absolute Gasteiger partial charge is 0.311 e. The van der Waals surface area contributed by atoms with E-state index in [9.17, 15) is 10.5 Å². The fourth-order valence-corrected chi connectivity index (χ4v) is 7.62. The molecule has 8 aromatic rings. The van der Waals surface area contributed by atoms with Crippen molar-refractivity contribution in [2.24, 2.45) is 0 Å². The van der Waals surface area contributed by atoms with Crippen LogP contribution < -0.4 is 9.80 Å². The van der Waals surface area contributed by atoms with Crippen molar-refractivity contribution >= 4 is 34.1 Å². The molecule has 8 rings (SSSR count). The maximum Gasteiger partial charge on any atom is 0.0991 e. The number of para-hydroxylation sites is 2. The van der Waals surface area contributed by atoms with Gasteiger partial charge in [0.05, 0.1) is 23.3 Å². The zero-order chi connectivity index (χ0) is 39.3. The second-order valence-electron chi connectivity index (χ2n) is 14.3. The van der Waals surface area contributed by atoms with Crippen LogP contribution in [-0.2, 0) is 0 Å². The predicted octanol–water partition coefficient (Wildman–Crippen LogP) is 14.3. The van der Waals surface area contributed by atoms with E-state index in [-0.39, 0.29) is 0 Å². The second-order valence-corrected chi connectivity index (χ2v) is 14.3. The average molecular weight is 733 g/mol. The lowest BCUT2D eigenvalue weighted by molar-refractivity contribution is 1.25. The van der Waals surface area contributed by atoms with Crippen LogP contribution in [0.1, 0.15) is 27.8 Å². The number of rotatable bonds is 9. The predicted molar refractivity (Wildman–Crippen MR) is 236 cm³/mol. The maximum absolute atomic E-state index is 9.33. The Balaban J connectivity index is 1.17. The van der Waals surface area contributed by atoms with Crippen LogP contribution in [0.4, 0.5) is 34.1 Å². The first-order chi connectivity index (χ1) is 27.9. The Bertz CT molecular complexity index is 2610.